The van der Waals surface area contributed by atoms with E-state index in [4.69, 9.17) is 0 Å². The Bertz CT molecular complexity index is 1350. The average molecular weight is 550 g/mol. The van der Waals surface area contributed by atoms with Gasteiger partial charge in [-0.1, -0.05) is 61.0 Å². The standard InChI is InChI=1S/C31H39N3O4S/c1-6-29(31(36)32-7-2)33(18-17-26-11-9-8-10-12-26)30(35)22-34(27-20-24(4)19-25(5)21-27)39(37,38)28-15-13-23(3)14-16-28/h8-16,19-21,29H,6-7,17-18,22H2,1-5H3,(H,32,36). The molecule has 0 bridgehead atoms. The molecule has 39 heavy (non-hydrogen) atoms. The highest BCUT2D eigenvalue weighted by molar-refractivity contribution is 7.92. The Balaban J connectivity index is 2.04. The molecule has 8 heteroatoms. The fourth-order valence-electron chi connectivity index (χ4n) is 4.65. The van der Waals surface area contributed by atoms with Crippen molar-refractivity contribution in [1.82, 2.24) is 10.2 Å². The lowest BCUT2D eigenvalue weighted by Crippen LogP contribution is -2.53. The number of hydrogen-bond acceptors (Lipinski definition) is 4. The molecular weight excluding hydrogens is 510 g/mol. The molecule has 1 atom stereocenters. The first-order valence-corrected chi connectivity index (χ1v) is 14.8. The number of amides is 2. The molecule has 1 unspecified atom stereocenters. The SMILES string of the molecule is CCNC(=O)C(CC)N(CCc1ccccc1)C(=O)CN(c1cc(C)cc(C)c1)S(=O)(=O)c1ccc(C)cc1. The van der Waals surface area contributed by atoms with Crippen molar-refractivity contribution in [2.45, 2.75) is 58.4 Å². The van der Waals surface area contributed by atoms with Gasteiger partial charge in [-0.05, 0) is 81.5 Å². The fourth-order valence-corrected chi connectivity index (χ4v) is 6.05. The Labute approximate surface area is 232 Å². The summed E-state index contributed by atoms with van der Waals surface area (Å²) in [4.78, 5) is 28.6. The van der Waals surface area contributed by atoms with Crippen molar-refractivity contribution in [2.75, 3.05) is 23.9 Å². The molecule has 0 saturated carbocycles. The predicted molar refractivity (Wildman–Crippen MR) is 156 cm³/mol. The number of anilines is 1. The van der Waals surface area contributed by atoms with Gasteiger partial charge in [0, 0.05) is 13.1 Å². The number of nitrogens with one attached hydrogen (secondary N) is 1. The van der Waals surface area contributed by atoms with Crippen LogP contribution in [-0.4, -0.2) is 50.8 Å². The lowest BCUT2D eigenvalue weighted by molar-refractivity contribution is -0.139. The third-order valence-corrected chi connectivity index (χ3v) is 8.39. The van der Waals surface area contributed by atoms with Crippen LogP contribution in [0.1, 0.15) is 42.5 Å². The highest BCUT2D eigenvalue weighted by atomic mass is 32.2. The predicted octanol–water partition coefficient (Wildman–Crippen LogP) is 4.79. The molecule has 3 aromatic rings. The second kappa shape index (κ2) is 13.4. The second-order valence-corrected chi connectivity index (χ2v) is 11.7. The Hall–Kier alpha value is -3.65. The molecule has 208 valence electrons. The van der Waals surface area contributed by atoms with Gasteiger partial charge in [-0.2, -0.15) is 0 Å². The van der Waals surface area contributed by atoms with E-state index in [1.165, 1.54) is 9.21 Å². The van der Waals surface area contributed by atoms with E-state index in [-0.39, 0.29) is 17.3 Å². The molecule has 0 radical (unpaired) electrons. The maximum absolute atomic E-state index is 14.0. The van der Waals surface area contributed by atoms with Gasteiger partial charge in [-0.15, -0.1) is 0 Å². The van der Waals surface area contributed by atoms with Gasteiger partial charge in [0.25, 0.3) is 10.0 Å². The van der Waals surface area contributed by atoms with E-state index < -0.39 is 28.5 Å². The molecule has 0 saturated heterocycles. The molecule has 2 amide bonds. The van der Waals surface area contributed by atoms with Crippen LogP contribution in [0.4, 0.5) is 5.69 Å². The number of carbonyl (C=O) groups excluding carboxylic acids is 2. The van der Waals surface area contributed by atoms with Crippen molar-refractivity contribution >= 4 is 27.5 Å². The van der Waals surface area contributed by atoms with E-state index in [2.05, 4.69) is 5.32 Å². The maximum Gasteiger partial charge on any atom is 0.264 e. The van der Waals surface area contributed by atoms with Gasteiger partial charge >= 0.3 is 0 Å². The first-order chi connectivity index (χ1) is 18.6. The summed E-state index contributed by atoms with van der Waals surface area (Å²) < 4.78 is 29.1. The topological polar surface area (TPSA) is 86.8 Å². The van der Waals surface area contributed by atoms with Gasteiger partial charge in [0.2, 0.25) is 11.8 Å². The normalized spacial score (nSPS) is 12.0. The molecule has 3 aromatic carbocycles. The molecule has 0 fully saturated rings. The molecule has 0 aliphatic heterocycles. The second-order valence-electron chi connectivity index (χ2n) is 9.81. The lowest BCUT2D eigenvalue weighted by Gasteiger charge is -2.33. The van der Waals surface area contributed by atoms with Gasteiger partial charge in [-0.3, -0.25) is 13.9 Å². The average Bonchev–Trinajstić information content (AvgIpc) is 2.89. The summed E-state index contributed by atoms with van der Waals surface area (Å²) >= 11 is 0. The summed E-state index contributed by atoms with van der Waals surface area (Å²) in [5.41, 5.74) is 4.14. The van der Waals surface area contributed by atoms with Crippen LogP contribution in [0.5, 0.6) is 0 Å². The summed E-state index contributed by atoms with van der Waals surface area (Å²) in [7, 11) is -4.08. The third kappa shape index (κ3) is 7.69. The lowest BCUT2D eigenvalue weighted by atomic mass is 10.1. The Kier molecular flexibility index (Phi) is 10.3. The van der Waals surface area contributed by atoms with E-state index in [1.54, 1.807) is 36.4 Å². The van der Waals surface area contributed by atoms with Crippen molar-refractivity contribution in [1.29, 1.82) is 0 Å². The highest BCUT2D eigenvalue weighted by Gasteiger charge is 2.33. The van der Waals surface area contributed by atoms with Crippen molar-refractivity contribution in [3.05, 3.63) is 95.1 Å². The Morgan fingerprint density at radius 2 is 1.46 bits per heavy atom. The number of benzene rings is 3. The van der Waals surface area contributed by atoms with Crippen molar-refractivity contribution in [3.8, 4) is 0 Å². The van der Waals surface area contributed by atoms with E-state index in [9.17, 15) is 18.0 Å². The van der Waals surface area contributed by atoms with Crippen LogP contribution in [-0.2, 0) is 26.0 Å². The van der Waals surface area contributed by atoms with E-state index in [0.717, 1.165) is 22.3 Å². The van der Waals surface area contributed by atoms with Crippen LogP contribution < -0.4 is 9.62 Å². The first kappa shape index (κ1) is 29.9. The zero-order valence-corrected chi connectivity index (χ0v) is 24.3. The minimum absolute atomic E-state index is 0.103. The molecular formula is C31H39N3O4S. The van der Waals surface area contributed by atoms with Gasteiger partial charge in [-0.25, -0.2) is 8.42 Å². The first-order valence-electron chi connectivity index (χ1n) is 13.4. The molecule has 3 rings (SSSR count). The summed E-state index contributed by atoms with van der Waals surface area (Å²) in [6, 6.07) is 21.1. The van der Waals surface area contributed by atoms with Gasteiger partial charge in [0.05, 0.1) is 10.6 Å². The molecule has 0 aliphatic rings. The minimum Gasteiger partial charge on any atom is -0.355 e. The Morgan fingerprint density at radius 1 is 0.846 bits per heavy atom. The highest BCUT2D eigenvalue weighted by Crippen LogP contribution is 2.27. The molecule has 7 nitrogen and oxygen atoms in total. The number of nitrogens with zero attached hydrogens (tertiary/aromatic N) is 2. The van der Waals surface area contributed by atoms with Crippen molar-refractivity contribution in [3.63, 3.8) is 0 Å². The molecule has 0 aliphatic carbocycles. The maximum atomic E-state index is 14.0. The van der Waals surface area contributed by atoms with Gasteiger partial charge < -0.3 is 10.2 Å². The molecule has 1 N–H and O–H groups in total. The van der Waals surface area contributed by atoms with Crippen LogP contribution in [0, 0.1) is 20.8 Å². The number of carbonyl (C=O) groups is 2. The quantitative estimate of drug-likeness (QED) is 0.352. The smallest absolute Gasteiger partial charge is 0.264 e. The molecule has 0 spiro atoms. The summed E-state index contributed by atoms with van der Waals surface area (Å²) in [6.45, 7) is 9.65. The molecule has 0 heterocycles. The zero-order valence-electron chi connectivity index (χ0n) is 23.5. The van der Waals surface area contributed by atoms with E-state index in [1.807, 2.05) is 71.0 Å². The summed E-state index contributed by atoms with van der Waals surface area (Å²) in [6.07, 6.45) is 0.942. The van der Waals surface area contributed by atoms with Crippen LogP contribution in [0.15, 0.2) is 77.7 Å². The van der Waals surface area contributed by atoms with E-state index in [0.29, 0.717) is 25.1 Å². The minimum atomic E-state index is -4.08. The van der Waals surface area contributed by atoms with Gasteiger partial charge in [0.1, 0.15) is 12.6 Å². The Morgan fingerprint density at radius 3 is 2.03 bits per heavy atom. The summed E-state index contributed by atoms with van der Waals surface area (Å²) in [5, 5.41) is 2.83. The van der Waals surface area contributed by atoms with Crippen molar-refractivity contribution < 1.29 is 18.0 Å². The third-order valence-electron chi connectivity index (χ3n) is 6.60. The number of sulfonamides is 1. The van der Waals surface area contributed by atoms with E-state index >= 15 is 0 Å². The zero-order chi connectivity index (χ0) is 28.6. The monoisotopic (exact) mass is 549 g/mol. The molecule has 0 aromatic heterocycles. The number of aryl methyl sites for hydroxylation is 3. The fraction of sp³-hybridized carbons (Fsp3) is 0.355. The van der Waals surface area contributed by atoms with Crippen LogP contribution in [0.25, 0.3) is 0 Å². The van der Waals surface area contributed by atoms with Crippen LogP contribution in [0.3, 0.4) is 0 Å². The number of hydrogen-bond donors (Lipinski definition) is 1. The van der Waals surface area contributed by atoms with Crippen LogP contribution in [0.2, 0.25) is 0 Å². The number of likely N-dealkylation sites (N-methyl/N-ethyl adjacent to an activating group) is 1. The largest absolute Gasteiger partial charge is 0.355 e. The van der Waals surface area contributed by atoms with Crippen LogP contribution >= 0.6 is 0 Å². The van der Waals surface area contributed by atoms with Gasteiger partial charge in [0.15, 0.2) is 0 Å². The summed E-state index contributed by atoms with van der Waals surface area (Å²) in [5.74, 6) is -0.681. The number of rotatable bonds is 12. The van der Waals surface area contributed by atoms with Crippen molar-refractivity contribution in [2.24, 2.45) is 0 Å².